The lowest BCUT2D eigenvalue weighted by molar-refractivity contribution is 0.0685. The van der Waals surface area contributed by atoms with Crippen LogP contribution in [-0.4, -0.2) is 16.1 Å². The Kier molecular flexibility index (Phi) is 4.06. The van der Waals surface area contributed by atoms with Crippen LogP contribution in [0.5, 0.6) is 5.75 Å². The fraction of sp³-hybridized carbons (Fsp3) is 0.0588. The molecule has 0 amide bonds. The zero-order chi connectivity index (χ0) is 15.5. The average molecular weight is 358 g/mol. The van der Waals surface area contributed by atoms with Gasteiger partial charge in [0.2, 0.25) is 0 Å². The largest absolute Gasteiger partial charge is 0.486 e. The molecule has 0 spiro atoms. The third-order valence-corrected chi connectivity index (χ3v) is 3.90. The van der Waals surface area contributed by atoms with Gasteiger partial charge >= 0.3 is 5.97 Å². The molecule has 0 aliphatic carbocycles. The van der Waals surface area contributed by atoms with Gasteiger partial charge in [0.1, 0.15) is 6.61 Å². The number of aromatic nitrogens is 1. The predicted octanol–water partition coefficient (Wildman–Crippen LogP) is 4.27. The summed E-state index contributed by atoms with van der Waals surface area (Å²) >= 11 is 3.45. The van der Waals surface area contributed by atoms with Crippen LogP contribution in [0.25, 0.3) is 10.9 Å². The first kappa shape index (κ1) is 14.5. The Morgan fingerprint density at radius 1 is 1.14 bits per heavy atom. The number of rotatable bonds is 4. The molecule has 3 aromatic rings. The van der Waals surface area contributed by atoms with Crippen LogP contribution in [0.1, 0.15) is 16.1 Å². The van der Waals surface area contributed by atoms with Crippen LogP contribution in [0.2, 0.25) is 0 Å². The molecule has 0 bridgehead atoms. The summed E-state index contributed by atoms with van der Waals surface area (Å²) in [6.07, 6.45) is 0. The first-order valence-electron chi connectivity index (χ1n) is 6.64. The number of carboxylic acid groups (broad SMARTS) is 1. The van der Waals surface area contributed by atoms with Gasteiger partial charge in [0, 0.05) is 9.86 Å². The normalized spacial score (nSPS) is 10.6. The number of carbonyl (C=O) groups is 1. The smallest absolute Gasteiger partial charge is 0.358 e. The number of benzene rings is 2. The third kappa shape index (κ3) is 2.94. The van der Waals surface area contributed by atoms with E-state index < -0.39 is 5.97 Å². The number of pyridine rings is 1. The van der Waals surface area contributed by atoms with Crippen LogP contribution in [0.4, 0.5) is 0 Å². The van der Waals surface area contributed by atoms with Gasteiger partial charge in [-0.25, -0.2) is 9.78 Å². The first-order valence-corrected chi connectivity index (χ1v) is 7.44. The van der Waals surface area contributed by atoms with Crippen molar-refractivity contribution in [2.75, 3.05) is 0 Å². The molecule has 0 fully saturated rings. The van der Waals surface area contributed by atoms with E-state index in [1.165, 1.54) is 0 Å². The lowest BCUT2D eigenvalue weighted by atomic mass is 10.2. The molecule has 1 aromatic heterocycles. The van der Waals surface area contributed by atoms with Crippen LogP contribution in [0.15, 0.2) is 59.1 Å². The van der Waals surface area contributed by atoms with Crippen molar-refractivity contribution in [1.29, 1.82) is 0 Å². The Morgan fingerprint density at radius 2 is 1.91 bits per heavy atom. The van der Waals surface area contributed by atoms with E-state index in [0.29, 0.717) is 12.1 Å². The lowest BCUT2D eigenvalue weighted by Gasteiger charge is -2.11. The van der Waals surface area contributed by atoms with Crippen molar-refractivity contribution in [3.8, 4) is 5.75 Å². The van der Waals surface area contributed by atoms with Crippen molar-refractivity contribution < 1.29 is 14.6 Å². The van der Waals surface area contributed by atoms with Gasteiger partial charge in [-0.15, -0.1) is 0 Å². The fourth-order valence-corrected chi connectivity index (χ4v) is 2.61. The Balaban J connectivity index is 2.01. The maximum absolute atomic E-state index is 11.4. The van der Waals surface area contributed by atoms with Gasteiger partial charge in [0.15, 0.2) is 11.4 Å². The quantitative estimate of drug-likeness (QED) is 0.757. The number of hydrogen-bond donors (Lipinski definition) is 1. The Bertz CT molecular complexity index is 834. The molecule has 0 atom stereocenters. The fourth-order valence-electron chi connectivity index (χ4n) is 2.14. The zero-order valence-electron chi connectivity index (χ0n) is 11.5. The molecule has 5 heteroatoms. The molecule has 4 nitrogen and oxygen atoms in total. The van der Waals surface area contributed by atoms with Gasteiger partial charge in [0.25, 0.3) is 0 Å². The summed E-state index contributed by atoms with van der Waals surface area (Å²) in [5.41, 5.74) is 1.49. The van der Waals surface area contributed by atoms with E-state index in [2.05, 4.69) is 20.9 Å². The van der Waals surface area contributed by atoms with Gasteiger partial charge in [-0.2, -0.15) is 0 Å². The maximum Gasteiger partial charge on any atom is 0.358 e. The molecule has 0 radical (unpaired) electrons. The molecule has 1 N–H and O–H groups in total. The van der Waals surface area contributed by atoms with Gasteiger partial charge in [-0.1, -0.05) is 52.3 Å². The van der Waals surface area contributed by atoms with Crippen molar-refractivity contribution in [2.45, 2.75) is 6.61 Å². The number of ether oxygens (including phenoxy) is 1. The van der Waals surface area contributed by atoms with Gasteiger partial charge in [0.05, 0.1) is 5.52 Å². The molecule has 0 aliphatic rings. The third-order valence-electron chi connectivity index (χ3n) is 3.21. The first-order chi connectivity index (χ1) is 10.6. The van der Waals surface area contributed by atoms with Crippen LogP contribution < -0.4 is 4.74 Å². The molecule has 0 unspecified atom stereocenters. The van der Waals surface area contributed by atoms with Crippen LogP contribution in [0.3, 0.4) is 0 Å². The van der Waals surface area contributed by atoms with E-state index in [-0.39, 0.29) is 11.4 Å². The van der Waals surface area contributed by atoms with Crippen LogP contribution in [-0.2, 0) is 6.61 Å². The number of fused-ring (bicyclic) bond motifs is 1. The molecule has 22 heavy (non-hydrogen) atoms. The number of aromatic carboxylic acids is 1. The number of nitrogens with zero attached hydrogens (tertiary/aromatic N) is 1. The number of halogens is 1. The second-order valence-corrected chi connectivity index (χ2v) is 5.58. The van der Waals surface area contributed by atoms with Crippen molar-refractivity contribution >= 4 is 32.8 Å². The minimum Gasteiger partial charge on any atom is -0.486 e. The standard InChI is InChI=1S/C17H12BrNO3/c18-13-7-4-8-14-12(13)9-15(16(19-14)17(20)21)22-10-11-5-2-1-3-6-11/h1-9H,10H2,(H,20,21). The van der Waals surface area contributed by atoms with Crippen LogP contribution in [0, 0.1) is 0 Å². The van der Waals surface area contributed by atoms with Crippen molar-refractivity contribution in [3.05, 3.63) is 70.3 Å². The molecular formula is C17H12BrNO3. The summed E-state index contributed by atoms with van der Waals surface area (Å²) in [5.74, 6) is -0.847. The van der Waals surface area contributed by atoms with E-state index in [1.807, 2.05) is 42.5 Å². The van der Waals surface area contributed by atoms with E-state index in [4.69, 9.17) is 4.74 Å². The molecule has 3 rings (SSSR count). The lowest BCUT2D eigenvalue weighted by Crippen LogP contribution is -2.06. The Hall–Kier alpha value is -2.40. The highest BCUT2D eigenvalue weighted by molar-refractivity contribution is 9.10. The molecule has 0 aliphatic heterocycles. The van der Waals surface area contributed by atoms with E-state index >= 15 is 0 Å². The van der Waals surface area contributed by atoms with Gasteiger partial charge < -0.3 is 9.84 Å². The highest BCUT2D eigenvalue weighted by atomic mass is 79.9. The van der Waals surface area contributed by atoms with Crippen molar-refractivity contribution in [3.63, 3.8) is 0 Å². The number of carboxylic acids is 1. The summed E-state index contributed by atoms with van der Waals surface area (Å²) in [4.78, 5) is 15.6. The summed E-state index contributed by atoms with van der Waals surface area (Å²) in [6.45, 7) is 0.290. The highest BCUT2D eigenvalue weighted by Crippen LogP contribution is 2.29. The van der Waals surface area contributed by atoms with Crippen molar-refractivity contribution in [1.82, 2.24) is 4.98 Å². The molecule has 110 valence electrons. The maximum atomic E-state index is 11.4. The average Bonchev–Trinajstić information content (AvgIpc) is 2.53. The summed E-state index contributed by atoms with van der Waals surface area (Å²) in [6, 6.07) is 16.8. The Labute approximate surface area is 135 Å². The predicted molar refractivity (Wildman–Crippen MR) is 87.2 cm³/mol. The van der Waals surface area contributed by atoms with Crippen molar-refractivity contribution in [2.24, 2.45) is 0 Å². The number of hydrogen-bond acceptors (Lipinski definition) is 3. The monoisotopic (exact) mass is 357 g/mol. The topological polar surface area (TPSA) is 59.4 Å². The van der Waals surface area contributed by atoms with E-state index in [9.17, 15) is 9.90 Å². The summed E-state index contributed by atoms with van der Waals surface area (Å²) in [5, 5.41) is 10.2. The van der Waals surface area contributed by atoms with E-state index in [0.717, 1.165) is 15.4 Å². The molecule has 2 aromatic carbocycles. The second-order valence-electron chi connectivity index (χ2n) is 4.72. The second kappa shape index (κ2) is 6.15. The zero-order valence-corrected chi connectivity index (χ0v) is 13.1. The Morgan fingerprint density at radius 3 is 2.64 bits per heavy atom. The van der Waals surface area contributed by atoms with Crippen LogP contribution >= 0.6 is 15.9 Å². The SMILES string of the molecule is O=C(O)c1nc2cccc(Br)c2cc1OCc1ccccc1. The highest BCUT2D eigenvalue weighted by Gasteiger charge is 2.16. The molecular weight excluding hydrogens is 346 g/mol. The molecule has 0 saturated heterocycles. The molecule has 0 saturated carbocycles. The minimum atomic E-state index is -1.11. The summed E-state index contributed by atoms with van der Waals surface area (Å²) in [7, 11) is 0. The van der Waals surface area contributed by atoms with Gasteiger partial charge in [-0.3, -0.25) is 0 Å². The minimum absolute atomic E-state index is 0.0819. The summed E-state index contributed by atoms with van der Waals surface area (Å²) < 4.78 is 6.53. The molecule has 1 heterocycles. The van der Waals surface area contributed by atoms with E-state index in [1.54, 1.807) is 12.1 Å². The van der Waals surface area contributed by atoms with Gasteiger partial charge in [-0.05, 0) is 23.8 Å².